The zero-order chi connectivity index (χ0) is 29.1. The molecule has 3 atom stereocenters. The van der Waals surface area contributed by atoms with Crippen LogP contribution >= 0.6 is 0 Å². The third kappa shape index (κ3) is 10.5. The van der Waals surface area contributed by atoms with Crippen LogP contribution in [-0.2, 0) is 33.5 Å². The Bertz CT molecular complexity index is 1080. The van der Waals surface area contributed by atoms with Gasteiger partial charge < -0.3 is 26.0 Å². The van der Waals surface area contributed by atoms with E-state index in [1.54, 1.807) is 13.8 Å². The van der Waals surface area contributed by atoms with Gasteiger partial charge >= 0.3 is 17.8 Å². The van der Waals surface area contributed by atoms with Gasteiger partial charge in [0.15, 0.2) is 12.4 Å². The summed E-state index contributed by atoms with van der Waals surface area (Å²) in [7, 11) is 0. The first kappa shape index (κ1) is 31.4. The molecule has 39 heavy (non-hydrogen) atoms. The first-order chi connectivity index (χ1) is 18.4. The van der Waals surface area contributed by atoms with Crippen molar-refractivity contribution in [1.82, 2.24) is 16.0 Å². The van der Waals surface area contributed by atoms with E-state index in [4.69, 9.17) is 4.74 Å². The van der Waals surface area contributed by atoms with E-state index in [1.807, 2.05) is 13.8 Å². The van der Waals surface area contributed by atoms with Gasteiger partial charge in [0.2, 0.25) is 11.8 Å². The average molecular weight is 549 g/mol. The van der Waals surface area contributed by atoms with Crippen molar-refractivity contribution in [1.29, 1.82) is 0 Å². The summed E-state index contributed by atoms with van der Waals surface area (Å²) in [4.78, 5) is 75.2. The van der Waals surface area contributed by atoms with Crippen molar-refractivity contribution in [2.45, 2.75) is 65.5 Å². The number of hydrogen-bond donors (Lipinski definition) is 4. The number of ether oxygens (including phenoxy) is 1. The fourth-order valence-electron chi connectivity index (χ4n) is 4.01. The minimum atomic E-state index is -1.21. The Labute approximate surface area is 227 Å². The highest BCUT2D eigenvalue weighted by Gasteiger charge is 2.34. The molecule has 1 aromatic rings. The van der Waals surface area contributed by atoms with E-state index in [0.29, 0.717) is 13.0 Å². The average Bonchev–Trinajstić information content (AvgIpc) is 3.26. The predicted molar refractivity (Wildman–Crippen MR) is 140 cm³/mol. The van der Waals surface area contributed by atoms with E-state index in [9.17, 15) is 33.2 Å². The topological polar surface area (TPSA) is 160 Å². The number of carbonyl (C=O) groups excluding carboxylic acids is 6. The molecule has 0 radical (unpaired) electrons. The van der Waals surface area contributed by atoms with E-state index < -0.39 is 59.9 Å². The van der Waals surface area contributed by atoms with E-state index in [-0.39, 0.29) is 42.7 Å². The Morgan fingerprint density at radius 2 is 1.69 bits per heavy atom. The van der Waals surface area contributed by atoms with Crippen molar-refractivity contribution in [3.8, 4) is 0 Å². The molecule has 2 rings (SSSR count). The number of hydrogen-bond acceptors (Lipinski definition) is 7. The van der Waals surface area contributed by atoms with Gasteiger partial charge in [0.1, 0.15) is 11.9 Å². The molecular formula is C27H37FN4O7. The zero-order valence-corrected chi connectivity index (χ0v) is 22.7. The molecule has 1 aliphatic rings. The van der Waals surface area contributed by atoms with Crippen molar-refractivity contribution in [3.05, 3.63) is 30.1 Å². The van der Waals surface area contributed by atoms with Gasteiger partial charge in [0, 0.05) is 18.9 Å². The first-order valence-corrected chi connectivity index (χ1v) is 13.0. The van der Waals surface area contributed by atoms with Gasteiger partial charge in [-0.05, 0) is 43.2 Å². The largest absolute Gasteiger partial charge is 0.458 e. The zero-order valence-electron chi connectivity index (χ0n) is 22.7. The second-order valence-electron chi connectivity index (χ2n) is 10.4. The van der Waals surface area contributed by atoms with Crippen LogP contribution in [0, 0.1) is 23.6 Å². The van der Waals surface area contributed by atoms with E-state index in [1.165, 1.54) is 18.2 Å². The Kier molecular flexibility index (Phi) is 12.0. The lowest BCUT2D eigenvalue weighted by Gasteiger charge is -2.25. The van der Waals surface area contributed by atoms with Gasteiger partial charge in [-0.3, -0.25) is 28.8 Å². The molecule has 11 nitrogen and oxygen atoms in total. The summed E-state index contributed by atoms with van der Waals surface area (Å²) in [6.07, 6.45) is 0.688. The third-order valence-corrected chi connectivity index (χ3v) is 6.00. The highest BCUT2D eigenvalue weighted by atomic mass is 19.1. The summed E-state index contributed by atoms with van der Waals surface area (Å²) < 4.78 is 18.9. The van der Waals surface area contributed by atoms with Crippen LogP contribution in [0.4, 0.5) is 10.1 Å². The van der Waals surface area contributed by atoms with Crippen molar-refractivity contribution in [3.63, 3.8) is 0 Å². The molecule has 1 saturated heterocycles. The summed E-state index contributed by atoms with van der Waals surface area (Å²) in [5.74, 6) is -5.84. The fraction of sp³-hybridized carbons (Fsp3) is 0.556. The van der Waals surface area contributed by atoms with Crippen LogP contribution in [-0.4, -0.2) is 60.6 Å². The second-order valence-corrected chi connectivity index (χ2v) is 10.4. The highest BCUT2D eigenvalue weighted by molar-refractivity contribution is 6.40. The molecule has 0 unspecified atom stereocenters. The quantitative estimate of drug-likeness (QED) is 0.214. The minimum Gasteiger partial charge on any atom is -0.458 e. The lowest BCUT2D eigenvalue weighted by atomic mass is 9.95. The van der Waals surface area contributed by atoms with Gasteiger partial charge in [0.25, 0.3) is 0 Å². The number of para-hydroxylation sites is 1. The van der Waals surface area contributed by atoms with Crippen LogP contribution in [0.3, 0.4) is 0 Å². The lowest BCUT2D eigenvalue weighted by Crippen LogP contribution is -2.54. The SMILES string of the molecule is CC(C)CC(=O)OCC(=O)[C@H](C[C@@H]1CCNC1=O)NC(=O)[C@H](CC(C)C)NC(=O)C(=O)Nc1ccccc1F. The molecule has 0 aliphatic carbocycles. The number of esters is 1. The number of Topliss-reactive ketones (excluding diaryl/α,β-unsaturated/α-hetero) is 1. The molecule has 1 aromatic carbocycles. The van der Waals surface area contributed by atoms with Gasteiger partial charge in [-0.25, -0.2) is 4.39 Å². The molecule has 0 saturated carbocycles. The Morgan fingerprint density at radius 3 is 2.28 bits per heavy atom. The summed E-state index contributed by atoms with van der Waals surface area (Å²) in [6.45, 7) is 7.09. The number of amides is 4. The summed E-state index contributed by atoms with van der Waals surface area (Å²) >= 11 is 0. The predicted octanol–water partition coefficient (Wildman–Crippen LogP) is 1.46. The Balaban J connectivity index is 2.12. The molecule has 0 spiro atoms. The van der Waals surface area contributed by atoms with E-state index in [2.05, 4.69) is 21.3 Å². The normalized spacial score (nSPS) is 16.3. The first-order valence-electron chi connectivity index (χ1n) is 13.0. The number of nitrogens with one attached hydrogen (secondary N) is 4. The van der Waals surface area contributed by atoms with Crippen LogP contribution in [0.25, 0.3) is 0 Å². The van der Waals surface area contributed by atoms with Crippen molar-refractivity contribution in [2.75, 3.05) is 18.5 Å². The summed E-state index contributed by atoms with van der Waals surface area (Å²) in [6, 6.07) is 2.92. The maximum atomic E-state index is 13.9. The number of anilines is 1. The monoisotopic (exact) mass is 548 g/mol. The maximum absolute atomic E-state index is 13.9. The molecule has 214 valence electrons. The number of carbonyl (C=O) groups is 6. The highest BCUT2D eigenvalue weighted by Crippen LogP contribution is 2.18. The van der Waals surface area contributed by atoms with Crippen LogP contribution in [0.15, 0.2) is 24.3 Å². The number of benzene rings is 1. The van der Waals surface area contributed by atoms with Crippen molar-refractivity contribution < 1.29 is 37.9 Å². The molecule has 12 heteroatoms. The van der Waals surface area contributed by atoms with Crippen LogP contribution in [0.2, 0.25) is 0 Å². The van der Waals surface area contributed by atoms with Gasteiger partial charge in [0.05, 0.1) is 11.7 Å². The fourth-order valence-corrected chi connectivity index (χ4v) is 4.01. The van der Waals surface area contributed by atoms with Gasteiger partial charge in [-0.15, -0.1) is 0 Å². The molecule has 1 heterocycles. The molecule has 4 N–H and O–H groups in total. The number of halogens is 1. The third-order valence-electron chi connectivity index (χ3n) is 6.00. The molecule has 1 fully saturated rings. The summed E-state index contributed by atoms with van der Waals surface area (Å²) in [5, 5.41) is 9.75. The van der Waals surface area contributed by atoms with Crippen molar-refractivity contribution in [2.24, 2.45) is 17.8 Å². The van der Waals surface area contributed by atoms with Crippen LogP contribution < -0.4 is 21.3 Å². The number of rotatable bonds is 13. The minimum absolute atomic E-state index is 0.0196. The van der Waals surface area contributed by atoms with Gasteiger partial charge in [-0.2, -0.15) is 0 Å². The lowest BCUT2D eigenvalue weighted by molar-refractivity contribution is -0.149. The standard InChI is InChI=1S/C27H37FN4O7/c1-15(2)11-21(32-27(38)26(37)30-19-8-6-5-7-18(19)28)25(36)31-20(13-17-9-10-29-24(17)35)22(33)14-39-23(34)12-16(3)4/h5-8,15-17,20-21H,9-14H2,1-4H3,(H,29,35)(H,30,37)(H,31,36)(H,32,38)/t17-,20-,21-/m0/s1. The maximum Gasteiger partial charge on any atom is 0.313 e. The Hall–Kier alpha value is -3.83. The van der Waals surface area contributed by atoms with Gasteiger partial charge in [-0.1, -0.05) is 39.8 Å². The van der Waals surface area contributed by atoms with E-state index >= 15 is 0 Å². The smallest absolute Gasteiger partial charge is 0.313 e. The van der Waals surface area contributed by atoms with Crippen LogP contribution in [0.5, 0.6) is 0 Å². The van der Waals surface area contributed by atoms with E-state index in [0.717, 1.165) is 6.07 Å². The molecule has 4 amide bonds. The molecule has 0 bridgehead atoms. The summed E-state index contributed by atoms with van der Waals surface area (Å²) in [5.41, 5.74) is -0.199. The van der Waals surface area contributed by atoms with Crippen molar-refractivity contribution >= 4 is 41.1 Å². The Morgan fingerprint density at radius 1 is 1.00 bits per heavy atom. The molecule has 1 aliphatic heterocycles. The molecule has 0 aromatic heterocycles. The molecular weight excluding hydrogens is 511 g/mol. The van der Waals surface area contributed by atoms with Crippen LogP contribution in [0.1, 0.15) is 53.4 Å². The number of ketones is 1. The second kappa shape index (κ2) is 14.9.